The van der Waals surface area contributed by atoms with Crippen molar-refractivity contribution in [2.24, 2.45) is 0 Å². The summed E-state index contributed by atoms with van der Waals surface area (Å²) in [6, 6.07) is 13.2. The minimum absolute atomic E-state index is 0.134. The summed E-state index contributed by atoms with van der Waals surface area (Å²) in [5, 5.41) is 12.3. The van der Waals surface area contributed by atoms with E-state index in [1.807, 2.05) is 17.5 Å². The van der Waals surface area contributed by atoms with Crippen LogP contribution in [-0.2, 0) is 4.79 Å². The van der Waals surface area contributed by atoms with Gasteiger partial charge in [0.15, 0.2) is 5.13 Å². The quantitative estimate of drug-likeness (QED) is 0.451. The molecule has 0 aliphatic heterocycles. The topological polar surface area (TPSA) is 88.9 Å². The predicted octanol–water partition coefficient (Wildman–Crippen LogP) is 4.96. The van der Waals surface area contributed by atoms with Crippen LogP contribution in [0.2, 0.25) is 0 Å². The van der Waals surface area contributed by atoms with E-state index in [2.05, 4.69) is 20.7 Å². The average molecular weight is 450 g/mol. The second-order valence-electron chi connectivity index (χ2n) is 7.18. The number of aryl methyl sites for hydroxylation is 1. The van der Waals surface area contributed by atoms with Gasteiger partial charge in [0.2, 0.25) is 5.91 Å². The van der Waals surface area contributed by atoms with Gasteiger partial charge in [-0.25, -0.2) is 14.1 Å². The Labute approximate surface area is 187 Å². The van der Waals surface area contributed by atoms with Crippen LogP contribution >= 0.6 is 11.3 Å². The van der Waals surface area contributed by atoms with Crippen molar-refractivity contribution in [3.8, 4) is 16.9 Å². The molecule has 7 nitrogen and oxygen atoms in total. The molecule has 0 fully saturated rings. The normalized spacial score (nSPS) is 10.8. The first kappa shape index (κ1) is 21.4. The molecule has 2 aromatic heterocycles. The summed E-state index contributed by atoms with van der Waals surface area (Å²) in [4.78, 5) is 28.6. The number of anilines is 2. The van der Waals surface area contributed by atoms with E-state index >= 15 is 0 Å². The van der Waals surface area contributed by atoms with Gasteiger partial charge in [0.1, 0.15) is 5.82 Å². The molecular formula is C23H20FN5O2S. The van der Waals surface area contributed by atoms with Gasteiger partial charge >= 0.3 is 0 Å². The predicted molar refractivity (Wildman–Crippen MR) is 123 cm³/mol. The van der Waals surface area contributed by atoms with Crippen LogP contribution in [0.4, 0.5) is 15.2 Å². The number of hydrogen-bond acceptors (Lipinski definition) is 5. The molecule has 32 heavy (non-hydrogen) atoms. The highest BCUT2D eigenvalue weighted by Gasteiger charge is 2.20. The largest absolute Gasteiger partial charge is 0.326 e. The molecule has 2 aromatic carbocycles. The highest BCUT2D eigenvalue weighted by Crippen LogP contribution is 2.27. The maximum absolute atomic E-state index is 13.2. The Morgan fingerprint density at radius 1 is 1.00 bits per heavy atom. The van der Waals surface area contributed by atoms with Crippen LogP contribution in [0.15, 0.2) is 53.9 Å². The van der Waals surface area contributed by atoms with Gasteiger partial charge in [0.25, 0.3) is 5.91 Å². The first-order valence-corrected chi connectivity index (χ1v) is 10.7. The summed E-state index contributed by atoms with van der Waals surface area (Å²) < 4.78 is 14.9. The average Bonchev–Trinajstić information content (AvgIpc) is 3.32. The Morgan fingerprint density at radius 3 is 2.34 bits per heavy atom. The lowest BCUT2D eigenvalue weighted by molar-refractivity contribution is -0.114. The fourth-order valence-corrected chi connectivity index (χ4v) is 4.07. The lowest BCUT2D eigenvalue weighted by Gasteiger charge is -2.05. The van der Waals surface area contributed by atoms with Gasteiger partial charge < -0.3 is 5.32 Å². The van der Waals surface area contributed by atoms with Gasteiger partial charge in [0, 0.05) is 23.6 Å². The number of carbonyl (C=O) groups is 2. The number of carbonyl (C=O) groups excluding carboxylic acids is 2. The maximum atomic E-state index is 13.2. The number of thiazole rings is 1. The minimum Gasteiger partial charge on any atom is -0.326 e. The third kappa shape index (κ3) is 4.42. The molecule has 0 aliphatic rings. The van der Waals surface area contributed by atoms with E-state index in [1.54, 1.807) is 42.8 Å². The molecule has 2 N–H and O–H groups in total. The molecule has 9 heteroatoms. The van der Waals surface area contributed by atoms with Crippen molar-refractivity contribution in [1.82, 2.24) is 14.8 Å². The second kappa shape index (κ2) is 8.72. The first-order chi connectivity index (χ1) is 15.3. The number of rotatable bonds is 5. The van der Waals surface area contributed by atoms with Crippen molar-refractivity contribution in [2.75, 3.05) is 10.6 Å². The molecule has 2 heterocycles. The van der Waals surface area contributed by atoms with Crippen molar-refractivity contribution in [3.05, 3.63) is 76.7 Å². The molecule has 0 aliphatic carbocycles. The van der Waals surface area contributed by atoms with Crippen LogP contribution < -0.4 is 10.6 Å². The van der Waals surface area contributed by atoms with Crippen molar-refractivity contribution in [1.29, 1.82) is 0 Å². The van der Waals surface area contributed by atoms with Gasteiger partial charge in [-0.2, -0.15) is 5.10 Å². The van der Waals surface area contributed by atoms with Crippen molar-refractivity contribution in [3.63, 3.8) is 0 Å². The van der Waals surface area contributed by atoms with Gasteiger partial charge in [-0.05, 0) is 50.2 Å². The molecule has 4 aromatic rings. The van der Waals surface area contributed by atoms with Crippen LogP contribution in [0.25, 0.3) is 16.9 Å². The third-order valence-corrected chi connectivity index (χ3v) is 5.57. The molecule has 4 rings (SSSR count). The molecule has 0 unspecified atom stereocenters. The molecule has 0 saturated carbocycles. The summed E-state index contributed by atoms with van der Waals surface area (Å²) in [7, 11) is 0. The fourth-order valence-electron chi connectivity index (χ4n) is 3.36. The van der Waals surface area contributed by atoms with E-state index in [4.69, 9.17) is 0 Å². The SMILES string of the molecule is CC(=O)Nc1ccc(-c2csc(NC(=O)c3c(C)nn(-c4ccc(F)cc4)c3C)n2)cc1. The summed E-state index contributed by atoms with van der Waals surface area (Å²) in [5.74, 6) is -0.780. The minimum atomic E-state index is -0.336. The Morgan fingerprint density at radius 2 is 1.69 bits per heavy atom. The van der Waals surface area contributed by atoms with Crippen molar-refractivity contribution < 1.29 is 14.0 Å². The van der Waals surface area contributed by atoms with Gasteiger partial charge in [-0.3, -0.25) is 14.9 Å². The summed E-state index contributed by atoms with van der Waals surface area (Å²) in [5.41, 5.74) is 4.62. The van der Waals surface area contributed by atoms with E-state index in [9.17, 15) is 14.0 Å². The van der Waals surface area contributed by atoms with Gasteiger partial charge in [0.05, 0.1) is 28.3 Å². The molecule has 0 bridgehead atoms. The van der Waals surface area contributed by atoms with Crippen LogP contribution in [0.3, 0.4) is 0 Å². The molecule has 0 spiro atoms. The zero-order valence-corrected chi connectivity index (χ0v) is 18.5. The monoisotopic (exact) mass is 449 g/mol. The van der Waals surface area contributed by atoms with Crippen LogP contribution in [0, 0.1) is 19.7 Å². The lowest BCUT2D eigenvalue weighted by atomic mass is 10.1. The molecule has 162 valence electrons. The Kier molecular flexibility index (Phi) is 5.83. The summed E-state index contributed by atoms with van der Waals surface area (Å²) in [6.45, 7) is 5.00. The van der Waals surface area contributed by atoms with E-state index in [1.165, 1.54) is 30.4 Å². The third-order valence-electron chi connectivity index (χ3n) is 4.82. The lowest BCUT2D eigenvalue weighted by Crippen LogP contribution is -2.14. The van der Waals surface area contributed by atoms with Crippen LogP contribution in [-0.4, -0.2) is 26.6 Å². The number of hydrogen-bond donors (Lipinski definition) is 2. The number of halogens is 1. The van der Waals surface area contributed by atoms with E-state index in [-0.39, 0.29) is 17.6 Å². The molecular weight excluding hydrogens is 429 g/mol. The maximum Gasteiger partial charge on any atom is 0.261 e. The Hall–Kier alpha value is -3.85. The van der Waals surface area contributed by atoms with E-state index in [0.717, 1.165) is 11.3 Å². The smallest absolute Gasteiger partial charge is 0.261 e. The number of nitrogens with one attached hydrogen (secondary N) is 2. The van der Waals surface area contributed by atoms with E-state index in [0.29, 0.717) is 33.5 Å². The highest BCUT2D eigenvalue weighted by molar-refractivity contribution is 7.14. The zero-order valence-electron chi connectivity index (χ0n) is 17.6. The molecule has 2 amide bonds. The number of aromatic nitrogens is 3. The Bertz CT molecular complexity index is 1290. The van der Waals surface area contributed by atoms with Crippen molar-refractivity contribution in [2.45, 2.75) is 20.8 Å². The summed E-state index contributed by atoms with van der Waals surface area (Å²) >= 11 is 1.32. The Balaban J connectivity index is 1.52. The molecule has 0 radical (unpaired) electrons. The van der Waals surface area contributed by atoms with Crippen LogP contribution in [0.5, 0.6) is 0 Å². The van der Waals surface area contributed by atoms with Crippen LogP contribution in [0.1, 0.15) is 28.7 Å². The summed E-state index contributed by atoms with van der Waals surface area (Å²) in [6.07, 6.45) is 0. The molecule has 0 atom stereocenters. The van der Waals surface area contributed by atoms with E-state index < -0.39 is 0 Å². The number of nitrogens with zero attached hydrogens (tertiary/aromatic N) is 3. The van der Waals surface area contributed by atoms with Crippen molar-refractivity contribution >= 4 is 34.0 Å². The molecule has 0 saturated heterocycles. The fraction of sp³-hybridized carbons (Fsp3) is 0.130. The highest BCUT2D eigenvalue weighted by atomic mass is 32.1. The standard InChI is InChI=1S/C23H20FN5O2S/c1-13-21(14(2)29(28-13)19-10-6-17(24)7-11-19)22(31)27-23-26-20(12-32-23)16-4-8-18(9-5-16)25-15(3)30/h4-12H,1-3H3,(H,25,30)(H,26,27,31). The second-order valence-corrected chi connectivity index (χ2v) is 8.04. The van der Waals surface area contributed by atoms with Gasteiger partial charge in [-0.1, -0.05) is 12.1 Å². The zero-order chi connectivity index (χ0) is 22.8. The number of amides is 2. The number of benzene rings is 2. The van der Waals surface area contributed by atoms with Gasteiger partial charge in [-0.15, -0.1) is 11.3 Å². The first-order valence-electron chi connectivity index (χ1n) is 9.79.